The Morgan fingerprint density at radius 1 is 0.750 bits per heavy atom. The number of benzene rings is 2. The molecule has 0 aliphatic carbocycles. The Balaban J connectivity index is 1.59. The van der Waals surface area contributed by atoms with Crippen molar-refractivity contribution in [3.8, 4) is 34.0 Å². The Morgan fingerprint density at radius 2 is 1.62 bits per heavy atom. The summed E-state index contributed by atoms with van der Waals surface area (Å²) in [7, 11) is 0. The molecule has 3 heterocycles. The van der Waals surface area contributed by atoms with E-state index in [0.29, 0.717) is 5.75 Å². The summed E-state index contributed by atoms with van der Waals surface area (Å²) in [5.41, 5.74) is 13.1. The first-order valence-corrected chi connectivity index (χ1v) is 10.4. The second kappa shape index (κ2) is 8.12. The van der Waals surface area contributed by atoms with Gasteiger partial charge in [0.2, 0.25) is 0 Å². The number of ether oxygens (including phenoxy) is 1. The molecule has 0 saturated heterocycles. The van der Waals surface area contributed by atoms with Crippen molar-refractivity contribution >= 4 is 16.6 Å². The summed E-state index contributed by atoms with van der Waals surface area (Å²) in [6.45, 7) is 4.02. The molecule has 32 heavy (non-hydrogen) atoms. The molecule has 0 unspecified atom stereocenters. The highest BCUT2D eigenvalue weighted by Gasteiger charge is 2.15. The van der Waals surface area contributed by atoms with E-state index in [1.165, 1.54) is 0 Å². The highest BCUT2D eigenvalue weighted by atomic mass is 16.5. The number of nitrogen functional groups attached to an aromatic ring is 1. The van der Waals surface area contributed by atoms with Crippen molar-refractivity contribution < 1.29 is 4.74 Å². The van der Waals surface area contributed by atoms with Gasteiger partial charge >= 0.3 is 0 Å². The van der Waals surface area contributed by atoms with Crippen LogP contribution in [0.5, 0.6) is 11.5 Å². The van der Waals surface area contributed by atoms with Gasteiger partial charge < -0.3 is 10.5 Å². The summed E-state index contributed by atoms with van der Waals surface area (Å²) in [5, 5.41) is 0.922. The van der Waals surface area contributed by atoms with Gasteiger partial charge in [0, 0.05) is 29.2 Å². The van der Waals surface area contributed by atoms with Crippen LogP contribution in [0, 0.1) is 13.8 Å². The van der Waals surface area contributed by atoms with Gasteiger partial charge in [0.15, 0.2) is 5.75 Å². The molecule has 5 nitrogen and oxygen atoms in total. The van der Waals surface area contributed by atoms with Crippen LogP contribution in [0.2, 0.25) is 0 Å². The van der Waals surface area contributed by atoms with E-state index >= 15 is 0 Å². The summed E-state index contributed by atoms with van der Waals surface area (Å²) in [6.07, 6.45) is 3.52. The number of nitrogens with two attached hydrogens (primary N) is 1. The van der Waals surface area contributed by atoms with Crippen molar-refractivity contribution in [1.82, 2.24) is 15.0 Å². The Bertz CT molecular complexity index is 1430. The molecule has 0 atom stereocenters. The number of fused-ring (bicyclic) bond motifs is 1. The van der Waals surface area contributed by atoms with Crippen molar-refractivity contribution in [1.29, 1.82) is 0 Å². The predicted molar refractivity (Wildman–Crippen MR) is 129 cm³/mol. The molecule has 0 aliphatic heterocycles. The lowest BCUT2D eigenvalue weighted by atomic mass is 10.0. The summed E-state index contributed by atoms with van der Waals surface area (Å²) < 4.78 is 6.42. The van der Waals surface area contributed by atoms with Crippen molar-refractivity contribution in [2.45, 2.75) is 13.8 Å². The van der Waals surface area contributed by atoms with E-state index in [-0.39, 0.29) is 0 Å². The van der Waals surface area contributed by atoms with Crippen molar-refractivity contribution in [3.63, 3.8) is 0 Å². The van der Waals surface area contributed by atoms with Gasteiger partial charge in [-0.2, -0.15) is 0 Å². The molecular weight excluding hydrogens is 396 g/mol. The van der Waals surface area contributed by atoms with E-state index in [0.717, 1.165) is 56.1 Å². The van der Waals surface area contributed by atoms with E-state index in [4.69, 9.17) is 15.5 Å². The fourth-order valence-electron chi connectivity index (χ4n) is 3.67. The SMILES string of the molecule is Cc1cc(Oc2ccnc3cc(-c4cccc(N)c4)ccc23)c(-c2ccccn2)nc1C. The monoisotopic (exact) mass is 418 g/mol. The Morgan fingerprint density at radius 3 is 2.44 bits per heavy atom. The Hall–Kier alpha value is -4.25. The van der Waals surface area contributed by atoms with Crippen molar-refractivity contribution in [2.75, 3.05) is 5.73 Å². The van der Waals surface area contributed by atoms with Crippen LogP contribution in [0.15, 0.2) is 85.2 Å². The first-order valence-electron chi connectivity index (χ1n) is 10.4. The molecule has 5 rings (SSSR count). The van der Waals surface area contributed by atoms with Crippen LogP contribution in [0.25, 0.3) is 33.4 Å². The van der Waals surface area contributed by atoms with Crippen LogP contribution < -0.4 is 10.5 Å². The maximum absolute atomic E-state index is 6.42. The number of nitrogens with zero attached hydrogens (tertiary/aromatic N) is 3. The Labute approximate surface area is 186 Å². The van der Waals surface area contributed by atoms with Crippen LogP contribution in [-0.2, 0) is 0 Å². The third-order valence-electron chi connectivity index (χ3n) is 5.48. The largest absolute Gasteiger partial charge is 0.454 e. The van der Waals surface area contributed by atoms with E-state index in [1.807, 2.05) is 74.5 Å². The van der Waals surface area contributed by atoms with Crippen LogP contribution in [-0.4, -0.2) is 15.0 Å². The highest BCUT2D eigenvalue weighted by Crippen LogP contribution is 2.36. The molecule has 2 N–H and O–H groups in total. The molecule has 0 fully saturated rings. The van der Waals surface area contributed by atoms with E-state index in [9.17, 15) is 0 Å². The van der Waals surface area contributed by atoms with Crippen LogP contribution in [0.3, 0.4) is 0 Å². The van der Waals surface area contributed by atoms with Gasteiger partial charge in [-0.05, 0) is 79.1 Å². The predicted octanol–water partition coefficient (Wildman–Crippen LogP) is 6.35. The molecule has 0 saturated carbocycles. The minimum Gasteiger partial charge on any atom is -0.454 e. The molecule has 156 valence electrons. The maximum Gasteiger partial charge on any atom is 0.155 e. The average Bonchev–Trinajstić information content (AvgIpc) is 2.82. The fraction of sp³-hybridized carbons (Fsp3) is 0.0741. The summed E-state index contributed by atoms with van der Waals surface area (Å²) in [6, 6.07) is 23.6. The van der Waals surface area contributed by atoms with Gasteiger partial charge in [-0.1, -0.05) is 24.3 Å². The summed E-state index contributed by atoms with van der Waals surface area (Å²) >= 11 is 0. The molecular formula is C27H22N4O. The molecule has 0 radical (unpaired) electrons. The third kappa shape index (κ3) is 3.76. The molecule has 3 aromatic heterocycles. The van der Waals surface area contributed by atoms with Gasteiger partial charge in [0.1, 0.15) is 11.4 Å². The van der Waals surface area contributed by atoms with Gasteiger partial charge in [0.25, 0.3) is 0 Å². The van der Waals surface area contributed by atoms with Gasteiger partial charge in [-0.25, -0.2) is 4.98 Å². The molecule has 0 spiro atoms. The number of rotatable bonds is 4. The lowest BCUT2D eigenvalue weighted by molar-refractivity contribution is 0.486. The van der Waals surface area contributed by atoms with Gasteiger partial charge in [-0.15, -0.1) is 0 Å². The number of hydrogen-bond acceptors (Lipinski definition) is 5. The van der Waals surface area contributed by atoms with Crippen LogP contribution in [0.4, 0.5) is 5.69 Å². The minimum atomic E-state index is 0.666. The molecule has 5 aromatic rings. The lowest BCUT2D eigenvalue weighted by Crippen LogP contribution is -1.98. The van der Waals surface area contributed by atoms with E-state index in [2.05, 4.69) is 22.1 Å². The first-order chi connectivity index (χ1) is 15.6. The molecule has 0 bridgehead atoms. The van der Waals surface area contributed by atoms with Crippen LogP contribution >= 0.6 is 0 Å². The lowest BCUT2D eigenvalue weighted by Gasteiger charge is -2.14. The van der Waals surface area contributed by atoms with Gasteiger partial charge in [0.05, 0.1) is 11.2 Å². The number of aryl methyl sites for hydroxylation is 2. The van der Waals surface area contributed by atoms with Crippen molar-refractivity contribution in [3.05, 3.63) is 96.4 Å². The smallest absolute Gasteiger partial charge is 0.155 e. The van der Waals surface area contributed by atoms with E-state index < -0.39 is 0 Å². The minimum absolute atomic E-state index is 0.666. The number of pyridine rings is 3. The zero-order valence-electron chi connectivity index (χ0n) is 17.9. The second-order valence-electron chi connectivity index (χ2n) is 7.72. The number of hydrogen-bond donors (Lipinski definition) is 1. The highest BCUT2D eigenvalue weighted by molar-refractivity contribution is 5.89. The molecule has 0 aliphatic rings. The van der Waals surface area contributed by atoms with E-state index in [1.54, 1.807) is 12.4 Å². The zero-order valence-corrected chi connectivity index (χ0v) is 17.9. The maximum atomic E-state index is 6.42. The second-order valence-corrected chi connectivity index (χ2v) is 7.72. The normalized spacial score (nSPS) is 10.9. The first kappa shape index (κ1) is 19.7. The molecule has 0 amide bonds. The quantitative estimate of drug-likeness (QED) is 0.344. The van der Waals surface area contributed by atoms with Crippen LogP contribution in [0.1, 0.15) is 11.3 Å². The summed E-state index contributed by atoms with van der Waals surface area (Å²) in [5.74, 6) is 1.38. The molecule has 2 aromatic carbocycles. The summed E-state index contributed by atoms with van der Waals surface area (Å²) in [4.78, 5) is 13.8. The Kier molecular flexibility index (Phi) is 5.00. The van der Waals surface area contributed by atoms with Crippen molar-refractivity contribution in [2.24, 2.45) is 0 Å². The van der Waals surface area contributed by atoms with Gasteiger partial charge in [-0.3, -0.25) is 9.97 Å². The fourth-order valence-corrected chi connectivity index (χ4v) is 3.67. The standard InChI is InChI=1S/C27H22N4O/c1-17-14-26(27(31-18(17)2)23-8-3-4-12-29-23)32-25-11-13-30-24-16-20(9-10-22(24)25)19-6-5-7-21(28)15-19/h3-16H,28H2,1-2H3. The number of aromatic nitrogens is 3. The third-order valence-corrected chi connectivity index (χ3v) is 5.48. The number of anilines is 1. The average molecular weight is 419 g/mol. The zero-order chi connectivity index (χ0) is 22.1. The molecule has 5 heteroatoms. The topological polar surface area (TPSA) is 73.9 Å².